The van der Waals surface area contributed by atoms with E-state index in [9.17, 15) is 4.79 Å². The van der Waals surface area contributed by atoms with Crippen LogP contribution in [0.5, 0.6) is 5.75 Å². The second kappa shape index (κ2) is 8.12. The summed E-state index contributed by atoms with van der Waals surface area (Å²) in [5.74, 6) is 1.25. The summed E-state index contributed by atoms with van der Waals surface area (Å²) in [6, 6.07) is 15.0. The number of amides is 1. The molecule has 0 spiro atoms. The molecule has 1 amide bonds. The molecule has 1 aliphatic rings. The fourth-order valence-electron chi connectivity index (χ4n) is 3.28. The lowest BCUT2D eigenvalue weighted by molar-refractivity contribution is 0.0605. The van der Waals surface area contributed by atoms with E-state index in [2.05, 4.69) is 15.3 Å². The highest BCUT2D eigenvalue weighted by atomic mass is 16.5. The summed E-state index contributed by atoms with van der Waals surface area (Å²) in [6.07, 6.45) is 3.54. The van der Waals surface area contributed by atoms with Crippen molar-refractivity contribution in [3.8, 4) is 16.9 Å². The van der Waals surface area contributed by atoms with Gasteiger partial charge in [-0.15, -0.1) is 0 Å². The summed E-state index contributed by atoms with van der Waals surface area (Å²) in [5, 5.41) is 3.16. The minimum atomic E-state index is -0.298. The Bertz CT molecular complexity index is 1020. The largest absolute Gasteiger partial charge is 0.497 e. The van der Waals surface area contributed by atoms with Gasteiger partial charge >= 0.3 is 0 Å². The smallest absolute Gasteiger partial charge is 0.256 e. The molecule has 0 unspecified atom stereocenters. The number of hydrogen-bond donors (Lipinski definition) is 1. The zero-order chi connectivity index (χ0) is 21.1. The van der Waals surface area contributed by atoms with Crippen LogP contribution in [0.15, 0.2) is 60.9 Å². The molecule has 1 saturated heterocycles. The van der Waals surface area contributed by atoms with Crippen molar-refractivity contribution >= 4 is 17.5 Å². The first-order valence-electron chi connectivity index (χ1n) is 9.69. The second-order valence-electron chi connectivity index (χ2n) is 7.75. The summed E-state index contributed by atoms with van der Waals surface area (Å²) in [7, 11) is 1.64. The molecule has 2 aromatic carbocycles. The lowest BCUT2D eigenvalue weighted by Gasteiger charge is -2.29. The Kier molecular flexibility index (Phi) is 5.37. The van der Waals surface area contributed by atoms with E-state index in [1.54, 1.807) is 36.5 Å². The van der Waals surface area contributed by atoms with Crippen molar-refractivity contribution in [1.82, 2.24) is 14.9 Å². The van der Waals surface area contributed by atoms with E-state index < -0.39 is 0 Å². The van der Waals surface area contributed by atoms with Crippen LogP contribution in [0.25, 0.3) is 11.1 Å². The zero-order valence-corrected chi connectivity index (χ0v) is 17.3. The Labute approximate surface area is 175 Å². The Morgan fingerprint density at radius 1 is 1.03 bits per heavy atom. The van der Waals surface area contributed by atoms with Gasteiger partial charge in [0.15, 0.2) is 0 Å². The van der Waals surface area contributed by atoms with Gasteiger partial charge in [-0.2, -0.15) is 0 Å². The minimum absolute atomic E-state index is 0.0378. The molecule has 1 aliphatic heterocycles. The van der Waals surface area contributed by atoms with Gasteiger partial charge in [-0.3, -0.25) is 4.79 Å². The van der Waals surface area contributed by atoms with Gasteiger partial charge in [-0.05, 0) is 55.8 Å². The Morgan fingerprint density at radius 2 is 1.70 bits per heavy atom. The molecule has 1 aromatic heterocycles. The van der Waals surface area contributed by atoms with Gasteiger partial charge < -0.3 is 19.7 Å². The van der Waals surface area contributed by atoms with Crippen LogP contribution in [-0.2, 0) is 4.74 Å². The molecule has 7 nitrogen and oxygen atoms in total. The van der Waals surface area contributed by atoms with Gasteiger partial charge in [0, 0.05) is 29.2 Å². The number of anilines is 2. The number of hydrogen-bond acceptors (Lipinski definition) is 6. The topological polar surface area (TPSA) is 76.6 Å². The third-order valence-corrected chi connectivity index (χ3v) is 5.11. The summed E-state index contributed by atoms with van der Waals surface area (Å²) in [4.78, 5) is 23.3. The van der Waals surface area contributed by atoms with Gasteiger partial charge in [0.05, 0.1) is 19.3 Å². The van der Waals surface area contributed by atoms with Crippen LogP contribution in [-0.4, -0.2) is 46.8 Å². The van der Waals surface area contributed by atoms with Crippen molar-refractivity contribution in [2.24, 2.45) is 0 Å². The lowest BCUT2D eigenvalue weighted by atomic mass is 10.0. The molecular weight excluding hydrogens is 380 g/mol. The van der Waals surface area contributed by atoms with E-state index >= 15 is 0 Å². The number of carbonyl (C=O) groups is 1. The zero-order valence-electron chi connectivity index (χ0n) is 17.3. The summed E-state index contributed by atoms with van der Waals surface area (Å²) in [5.41, 5.74) is 3.06. The number of nitrogens with one attached hydrogen (secondary N) is 1. The number of carbonyl (C=O) groups excluding carboxylic acids is 1. The maximum absolute atomic E-state index is 12.7. The molecular formula is C23H24N4O3. The molecule has 0 aliphatic carbocycles. The van der Waals surface area contributed by atoms with Gasteiger partial charge in [0.2, 0.25) is 5.95 Å². The van der Waals surface area contributed by atoms with Crippen LogP contribution < -0.4 is 10.1 Å². The van der Waals surface area contributed by atoms with Crippen molar-refractivity contribution in [1.29, 1.82) is 0 Å². The van der Waals surface area contributed by atoms with Crippen molar-refractivity contribution in [3.63, 3.8) is 0 Å². The third-order valence-electron chi connectivity index (χ3n) is 5.11. The maximum Gasteiger partial charge on any atom is 0.256 e. The highest BCUT2D eigenvalue weighted by Gasteiger charge is 2.36. The molecule has 0 atom stereocenters. The van der Waals surface area contributed by atoms with Crippen molar-refractivity contribution < 1.29 is 14.3 Å². The number of rotatable bonds is 5. The van der Waals surface area contributed by atoms with Gasteiger partial charge in [-0.25, -0.2) is 9.97 Å². The summed E-state index contributed by atoms with van der Waals surface area (Å²) in [6.45, 7) is 4.87. The van der Waals surface area contributed by atoms with E-state index in [-0.39, 0.29) is 11.4 Å². The predicted molar refractivity (Wildman–Crippen MR) is 115 cm³/mol. The fourth-order valence-corrected chi connectivity index (χ4v) is 3.28. The molecule has 0 saturated carbocycles. The SMILES string of the molecule is COc1ccc(-c2cnc(Nc3ccc(C(=O)N4COCC4(C)C)cc3)nc2)cc1. The first kappa shape index (κ1) is 19.8. The van der Waals surface area contributed by atoms with E-state index in [0.717, 1.165) is 22.6 Å². The third kappa shape index (κ3) is 4.11. The maximum atomic E-state index is 12.7. The quantitative estimate of drug-likeness (QED) is 0.690. The molecule has 30 heavy (non-hydrogen) atoms. The predicted octanol–water partition coefficient (Wildman–Crippen LogP) is 4.10. The Balaban J connectivity index is 1.42. The van der Waals surface area contributed by atoms with Crippen molar-refractivity contribution in [2.45, 2.75) is 19.4 Å². The first-order valence-corrected chi connectivity index (χ1v) is 9.69. The lowest BCUT2D eigenvalue weighted by Crippen LogP contribution is -2.44. The number of nitrogens with zero attached hydrogens (tertiary/aromatic N) is 3. The van der Waals surface area contributed by atoms with E-state index in [0.29, 0.717) is 24.8 Å². The van der Waals surface area contributed by atoms with Gasteiger partial charge in [0.1, 0.15) is 12.5 Å². The van der Waals surface area contributed by atoms with Crippen molar-refractivity contribution in [2.75, 3.05) is 25.8 Å². The molecule has 0 radical (unpaired) electrons. The normalized spacial score (nSPS) is 15.1. The molecule has 2 heterocycles. The molecule has 3 aromatic rings. The average molecular weight is 404 g/mol. The van der Waals surface area contributed by atoms with Crippen LogP contribution in [0.4, 0.5) is 11.6 Å². The average Bonchev–Trinajstić information content (AvgIpc) is 3.13. The Hall–Kier alpha value is -3.45. The van der Waals surface area contributed by atoms with Crippen LogP contribution in [0.2, 0.25) is 0 Å². The summed E-state index contributed by atoms with van der Waals surface area (Å²) >= 11 is 0. The van der Waals surface area contributed by atoms with Crippen molar-refractivity contribution in [3.05, 3.63) is 66.5 Å². The monoisotopic (exact) mass is 404 g/mol. The molecule has 1 fully saturated rings. The van der Waals surface area contributed by atoms with Gasteiger partial charge in [0.25, 0.3) is 5.91 Å². The highest BCUT2D eigenvalue weighted by molar-refractivity contribution is 5.95. The van der Waals surface area contributed by atoms with Crippen LogP contribution in [0.3, 0.4) is 0 Å². The summed E-state index contributed by atoms with van der Waals surface area (Å²) < 4.78 is 10.6. The van der Waals surface area contributed by atoms with Crippen LogP contribution in [0.1, 0.15) is 24.2 Å². The first-order chi connectivity index (χ1) is 14.5. The van der Waals surface area contributed by atoms with E-state index in [1.165, 1.54) is 0 Å². The molecule has 154 valence electrons. The van der Waals surface area contributed by atoms with E-state index in [4.69, 9.17) is 9.47 Å². The molecule has 0 bridgehead atoms. The van der Waals surface area contributed by atoms with Gasteiger partial charge in [-0.1, -0.05) is 12.1 Å². The number of aromatic nitrogens is 2. The molecule has 4 rings (SSSR count). The standard InChI is InChI=1S/C23H24N4O3/c1-23(2)14-30-15-27(23)21(28)17-4-8-19(9-5-17)26-22-24-12-18(13-25-22)16-6-10-20(29-3)11-7-16/h4-13H,14-15H2,1-3H3,(H,24,25,26). The molecule has 1 N–H and O–H groups in total. The number of benzene rings is 2. The number of methoxy groups -OCH3 is 1. The number of ether oxygens (including phenoxy) is 2. The van der Waals surface area contributed by atoms with E-state index in [1.807, 2.05) is 50.2 Å². The van der Waals surface area contributed by atoms with Crippen LogP contribution >= 0.6 is 0 Å². The second-order valence-corrected chi connectivity index (χ2v) is 7.75. The highest BCUT2D eigenvalue weighted by Crippen LogP contribution is 2.25. The Morgan fingerprint density at radius 3 is 2.27 bits per heavy atom. The fraction of sp³-hybridized carbons (Fsp3) is 0.261. The minimum Gasteiger partial charge on any atom is -0.497 e. The molecule has 7 heteroatoms. The van der Waals surface area contributed by atoms with Crippen LogP contribution in [0, 0.1) is 0 Å².